The summed E-state index contributed by atoms with van der Waals surface area (Å²) in [6.07, 6.45) is 0. The molecule has 0 spiro atoms. The van der Waals surface area contributed by atoms with Gasteiger partial charge in [-0.2, -0.15) is 0 Å². The fourth-order valence-electron chi connectivity index (χ4n) is 3.69. The van der Waals surface area contributed by atoms with Gasteiger partial charge in [-0.25, -0.2) is 9.29 Å². The van der Waals surface area contributed by atoms with Gasteiger partial charge in [-0.05, 0) is 48.9 Å². The quantitative estimate of drug-likeness (QED) is 0.492. The van der Waals surface area contributed by atoms with E-state index >= 15 is 0 Å². The van der Waals surface area contributed by atoms with Gasteiger partial charge in [0.1, 0.15) is 28.8 Å². The van der Waals surface area contributed by atoms with E-state index in [4.69, 9.17) is 14.2 Å². The number of amides is 2. The van der Waals surface area contributed by atoms with Crippen molar-refractivity contribution in [3.63, 3.8) is 0 Å². The van der Waals surface area contributed by atoms with Gasteiger partial charge >= 0.3 is 0 Å². The largest absolute Gasteiger partial charge is 0.497 e. The fraction of sp³-hybridized carbons (Fsp3) is 0.154. The van der Waals surface area contributed by atoms with Crippen molar-refractivity contribution in [2.75, 3.05) is 31.0 Å². The second-order valence-corrected chi connectivity index (χ2v) is 7.33. The third kappa shape index (κ3) is 4.30. The summed E-state index contributed by atoms with van der Waals surface area (Å²) in [7, 11) is 2.93. The number of anilines is 2. The predicted octanol–water partition coefficient (Wildman–Crippen LogP) is 4.64. The van der Waals surface area contributed by atoms with Crippen LogP contribution in [0.2, 0.25) is 0 Å². The highest BCUT2D eigenvalue weighted by Gasteiger charge is 2.41. The lowest BCUT2D eigenvalue weighted by molar-refractivity contribution is -0.120. The molecule has 3 aromatic rings. The molecule has 7 nitrogen and oxygen atoms in total. The average Bonchev–Trinajstić information content (AvgIpc) is 3.08. The van der Waals surface area contributed by atoms with E-state index in [9.17, 15) is 14.0 Å². The zero-order valence-electron chi connectivity index (χ0n) is 18.9. The fourth-order valence-corrected chi connectivity index (χ4v) is 3.69. The smallest absolute Gasteiger partial charge is 0.282 e. The number of carbonyl (C=O) groups excluding carboxylic acids is 2. The Morgan fingerprint density at radius 2 is 1.65 bits per heavy atom. The molecule has 0 unspecified atom stereocenters. The number of ether oxygens (including phenoxy) is 3. The van der Waals surface area contributed by atoms with Gasteiger partial charge in [0.05, 0.1) is 32.1 Å². The van der Waals surface area contributed by atoms with Gasteiger partial charge in [-0.1, -0.05) is 18.2 Å². The van der Waals surface area contributed by atoms with Crippen molar-refractivity contribution in [3.05, 3.63) is 83.8 Å². The summed E-state index contributed by atoms with van der Waals surface area (Å²) in [4.78, 5) is 28.3. The number of imide groups is 1. The summed E-state index contributed by atoms with van der Waals surface area (Å²) in [6.45, 7) is 2.35. The molecule has 1 N–H and O–H groups in total. The van der Waals surface area contributed by atoms with E-state index in [0.29, 0.717) is 35.1 Å². The van der Waals surface area contributed by atoms with E-state index in [2.05, 4.69) is 5.32 Å². The lowest BCUT2D eigenvalue weighted by atomic mass is 10.0. The molecule has 0 bridgehead atoms. The van der Waals surface area contributed by atoms with E-state index in [1.807, 2.05) is 6.92 Å². The maximum Gasteiger partial charge on any atom is 0.282 e. The molecule has 0 fully saturated rings. The number of carbonyl (C=O) groups is 2. The van der Waals surface area contributed by atoms with Crippen LogP contribution in [0.4, 0.5) is 15.8 Å². The molecule has 0 saturated heterocycles. The molecule has 1 aliphatic rings. The third-order valence-electron chi connectivity index (χ3n) is 5.26. The predicted molar refractivity (Wildman–Crippen MR) is 127 cm³/mol. The topological polar surface area (TPSA) is 77.1 Å². The molecule has 1 aliphatic heterocycles. The number of methoxy groups -OCH3 is 2. The van der Waals surface area contributed by atoms with Crippen LogP contribution >= 0.6 is 0 Å². The lowest BCUT2D eigenvalue weighted by Crippen LogP contribution is -2.32. The van der Waals surface area contributed by atoms with E-state index in [1.165, 1.54) is 38.5 Å². The zero-order valence-corrected chi connectivity index (χ0v) is 18.9. The molecular weight excluding hydrogens is 439 g/mol. The second-order valence-electron chi connectivity index (χ2n) is 7.33. The maximum atomic E-state index is 13.6. The minimum absolute atomic E-state index is 0.0510. The van der Waals surface area contributed by atoms with Crippen LogP contribution in [0, 0.1) is 5.82 Å². The first-order chi connectivity index (χ1) is 16.5. The minimum atomic E-state index is -0.585. The molecule has 4 rings (SSSR count). The molecule has 0 radical (unpaired) electrons. The number of halogens is 1. The first-order valence-corrected chi connectivity index (χ1v) is 10.6. The van der Waals surface area contributed by atoms with Gasteiger partial charge < -0.3 is 19.5 Å². The number of hydrogen-bond donors (Lipinski definition) is 1. The van der Waals surface area contributed by atoms with Crippen molar-refractivity contribution in [2.45, 2.75) is 6.92 Å². The van der Waals surface area contributed by atoms with Crippen LogP contribution in [0.15, 0.2) is 72.4 Å². The van der Waals surface area contributed by atoms with Crippen LogP contribution in [0.1, 0.15) is 12.5 Å². The van der Waals surface area contributed by atoms with Crippen LogP contribution in [-0.4, -0.2) is 32.6 Å². The Morgan fingerprint density at radius 1 is 0.882 bits per heavy atom. The standard InChI is InChI=1S/C26H23FN2O5/c1-4-34-20-7-5-6-18(14-20)28-24-23(16-8-10-17(27)11-9-16)25(30)29(26(24)31)21-15-19(32-2)12-13-22(21)33-3/h5-15,28H,4H2,1-3H3. The molecule has 8 heteroatoms. The van der Waals surface area contributed by atoms with Gasteiger partial charge in [0.2, 0.25) is 0 Å². The van der Waals surface area contributed by atoms with Gasteiger partial charge in [0.25, 0.3) is 11.8 Å². The van der Waals surface area contributed by atoms with Crippen LogP contribution in [0.25, 0.3) is 5.57 Å². The lowest BCUT2D eigenvalue weighted by Gasteiger charge is -2.19. The summed E-state index contributed by atoms with van der Waals surface area (Å²) < 4.78 is 29.8. The summed E-state index contributed by atoms with van der Waals surface area (Å²) in [5, 5.41) is 3.07. The molecule has 1 heterocycles. The van der Waals surface area contributed by atoms with Crippen molar-refractivity contribution in [3.8, 4) is 17.2 Å². The Bertz CT molecular complexity index is 1270. The van der Waals surface area contributed by atoms with Crippen molar-refractivity contribution in [1.29, 1.82) is 0 Å². The number of rotatable bonds is 8. The first-order valence-electron chi connectivity index (χ1n) is 10.6. The third-order valence-corrected chi connectivity index (χ3v) is 5.26. The van der Waals surface area contributed by atoms with Crippen molar-refractivity contribution in [2.24, 2.45) is 0 Å². The number of benzene rings is 3. The number of nitrogens with zero attached hydrogens (tertiary/aromatic N) is 1. The Kier molecular flexibility index (Phi) is 6.49. The van der Waals surface area contributed by atoms with E-state index in [0.717, 1.165) is 4.90 Å². The Hall–Kier alpha value is -4.33. The molecule has 0 aromatic heterocycles. The van der Waals surface area contributed by atoms with E-state index in [1.54, 1.807) is 42.5 Å². The SMILES string of the molecule is CCOc1cccc(NC2=C(c3ccc(F)cc3)C(=O)N(c3cc(OC)ccc3OC)C2=O)c1. The molecule has 34 heavy (non-hydrogen) atoms. The van der Waals surface area contributed by atoms with Crippen molar-refractivity contribution >= 4 is 28.8 Å². The first kappa shape index (κ1) is 22.8. The maximum absolute atomic E-state index is 13.6. The van der Waals surface area contributed by atoms with Gasteiger partial charge in [-0.3, -0.25) is 9.59 Å². The zero-order chi connectivity index (χ0) is 24.2. The molecule has 2 amide bonds. The summed E-state index contributed by atoms with van der Waals surface area (Å²) >= 11 is 0. The van der Waals surface area contributed by atoms with Crippen molar-refractivity contribution in [1.82, 2.24) is 0 Å². The molecule has 0 atom stereocenters. The Morgan fingerprint density at radius 3 is 2.32 bits per heavy atom. The van der Waals surface area contributed by atoms with Crippen LogP contribution < -0.4 is 24.4 Å². The molecule has 0 aliphatic carbocycles. The molecule has 0 saturated carbocycles. The van der Waals surface area contributed by atoms with Crippen molar-refractivity contribution < 1.29 is 28.2 Å². The second kappa shape index (κ2) is 9.66. The van der Waals surface area contributed by atoms with Gasteiger partial charge in [0, 0.05) is 17.8 Å². The molecule has 174 valence electrons. The van der Waals surface area contributed by atoms with Crippen LogP contribution in [0.5, 0.6) is 17.2 Å². The van der Waals surface area contributed by atoms with E-state index in [-0.39, 0.29) is 17.0 Å². The number of hydrogen-bond acceptors (Lipinski definition) is 6. The normalized spacial score (nSPS) is 13.4. The summed E-state index contributed by atoms with van der Waals surface area (Å²) in [5.74, 6) is -0.235. The highest BCUT2D eigenvalue weighted by atomic mass is 19.1. The highest BCUT2D eigenvalue weighted by Crippen LogP contribution is 2.39. The highest BCUT2D eigenvalue weighted by molar-refractivity contribution is 6.46. The van der Waals surface area contributed by atoms with E-state index < -0.39 is 17.6 Å². The van der Waals surface area contributed by atoms with Crippen LogP contribution in [0.3, 0.4) is 0 Å². The summed E-state index contributed by atoms with van der Waals surface area (Å²) in [5.41, 5.74) is 1.34. The average molecular weight is 462 g/mol. The molecule has 3 aromatic carbocycles. The van der Waals surface area contributed by atoms with Crippen LogP contribution in [-0.2, 0) is 9.59 Å². The number of nitrogens with one attached hydrogen (secondary N) is 1. The van der Waals surface area contributed by atoms with Gasteiger partial charge in [0.15, 0.2) is 0 Å². The van der Waals surface area contributed by atoms with Gasteiger partial charge in [-0.15, -0.1) is 0 Å². The Labute approximate surface area is 196 Å². The monoisotopic (exact) mass is 462 g/mol. The minimum Gasteiger partial charge on any atom is -0.497 e. The summed E-state index contributed by atoms with van der Waals surface area (Å²) in [6, 6.07) is 17.3. The molecular formula is C26H23FN2O5. The Balaban J connectivity index is 1.83.